The second-order valence-corrected chi connectivity index (χ2v) is 4.83. The molecule has 0 spiro atoms. The molecule has 0 saturated heterocycles. The maximum Gasteiger partial charge on any atom is 0.116 e. The van der Waals surface area contributed by atoms with Crippen molar-refractivity contribution < 1.29 is 0 Å². The predicted molar refractivity (Wildman–Crippen MR) is 62.6 cm³/mol. The molecule has 0 bridgehead atoms. The maximum absolute atomic E-state index is 8.78. The summed E-state index contributed by atoms with van der Waals surface area (Å²) >= 11 is 4.76. The highest BCUT2D eigenvalue weighted by Gasteiger charge is 2.11. The third-order valence-electron chi connectivity index (χ3n) is 1.62. The maximum atomic E-state index is 8.78. The Labute approximate surface area is 91.0 Å². The zero-order chi connectivity index (χ0) is 11.4. The number of rotatable bonds is 3. The SMILES string of the molecule is C/C(NCC(C)(C)C)=C(/C#N)C(N)=S. The van der Waals surface area contributed by atoms with Gasteiger partial charge in [-0.15, -0.1) is 0 Å². The van der Waals surface area contributed by atoms with Crippen molar-refractivity contribution in [1.29, 1.82) is 5.26 Å². The fourth-order valence-electron chi connectivity index (χ4n) is 0.810. The minimum absolute atomic E-state index is 0.145. The van der Waals surface area contributed by atoms with Crippen molar-refractivity contribution in [3.05, 3.63) is 11.3 Å². The highest BCUT2D eigenvalue weighted by molar-refractivity contribution is 7.80. The Morgan fingerprint density at radius 1 is 1.50 bits per heavy atom. The first-order chi connectivity index (χ1) is 6.28. The van der Waals surface area contributed by atoms with Crippen LogP contribution in [0.5, 0.6) is 0 Å². The largest absolute Gasteiger partial charge is 0.389 e. The number of allylic oxidation sites excluding steroid dienone is 1. The minimum Gasteiger partial charge on any atom is -0.389 e. The van der Waals surface area contributed by atoms with Gasteiger partial charge >= 0.3 is 0 Å². The van der Waals surface area contributed by atoms with Crippen molar-refractivity contribution in [2.24, 2.45) is 11.1 Å². The molecule has 0 fully saturated rings. The number of nitrogens with two attached hydrogens (primary N) is 1. The zero-order valence-corrected chi connectivity index (χ0v) is 9.96. The van der Waals surface area contributed by atoms with E-state index in [0.717, 1.165) is 12.2 Å². The Morgan fingerprint density at radius 3 is 2.29 bits per heavy atom. The minimum atomic E-state index is 0.145. The molecule has 0 atom stereocenters. The van der Waals surface area contributed by atoms with Crippen LogP contribution in [-0.2, 0) is 0 Å². The van der Waals surface area contributed by atoms with E-state index >= 15 is 0 Å². The van der Waals surface area contributed by atoms with Gasteiger partial charge in [-0.3, -0.25) is 0 Å². The lowest BCUT2D eigenvalue weighted by Gasteiger charge is -2.20. The molecule has 0 aromatic heterocycles. The summed E-state index contributed by atoms with van der Waals surface area (Å²) in [7, 11) is 0. The molecule has 3 nitrogen and oxygen atoms in total. The van der Waals surface area contributed by atoms with Gasteiger partial charge in [0.1, 0.15) is 16.6 Å². The molecule has 0 aromatic rings. The van der Waals surface area contributed by atoms with Crippen LogP contribution < -0.4 is 11.1 Å². The summed E-state index contributed by atoms with van der Waals surface area (Å²) in [6.07, 6.45) is 0. The Balaban J connectivity index is 4.53. The van der Waals surface area contributed by atoms with Crippen LogP contribution in [0.3, 0.4) is 0 Å². The number of nitrogens with one attached hydrogen (secondary N) is 1. The lowest BCUT2D eigenvalue weighted by molar-refractivity contribution is 0.397. The standard InChI is InChI=1S/C10H17N3S/c1-7(8(5-11)9(12)14)13-6-10(2,3)4/h13H,6H2,1-4H3,(H2,12,14)/b8-7+. The van der Waals surface area contributed by atoms with E-state index in [2.05, 4.69) is 26.1 Å². The van der Waals surface area contributed by atoms with Gasteiger partial charge in [-0.25, -0.2) is 0 Å². The molecule has 0 aliphatic heterocycles. The predicted octanol–water partition coefficient (Wildman–Crippen LogP) is 1.71. The molecule has 3 N–H and O–H groups in total. The van der Waals surface area contributed by atoms with Crippen LogP contribution in [0, 0.1) is 16.7 Å². The number of hydrogen-bond donors (Lipinski definition) is 2. The quantitative estimate of drug-likeness (QED) is 0.424. The molecule has 4 heteroatoms. The van der Waals surface area contributed by atoms with Gasteiger partial charge in [-0.2, -0.15) is 5.26 Å². The van der Waals surface area contributed by atoms with E-state index in [1.165, 1.54) is 0 Å². The van der Waals surface area contributed by atoms with Gasteiger partial charge in [0.15, 0.2) is 0 Å². The van der Waals surface area contributed by atoms with Crippen molar-refractivity contribution in [2.45, 2.75) is 27.7 Å². The third kappa shape index (κ3) is 4.83. The molecule has 0 aliphatic carbocycles. The lowest BCUT2D eigenvalue weighted by Crippen LogP contribution is -2.27. The smallest absolute Gasteiger partial charge is 0.116 e. The van der Waals surface area contributed by atoms with E-state index in [-0.39, 0.29) is 10.4 Å². The molecule has 0 unspecified atom stereocenters. The average Bonchev–Trinajstić information content (AvgIpc) is 2.00. The summed E-state index contributed by atoms with van der Waals surface area (Å²) in [4.78, 5) is 0.145. The van der Waals surface area contributed by atoms with E-state index in [4.69, 9.17) is 23.2 Å². The molecule has 0 rings (SSSR count). The number of hydrogen-bond acceptors (Lipinski definition) is 3. The molecule has 0 radical (unpaired) electrons. The van der Waals surface area contributed by atoms with Crippen LogP contribution in [0.1, 0.15) is 27.7 Å². The summed E-state index contributed by atoms with van der Waals surface area (Å²) in [5.74, 6) is 0. The first-order valence-corrected chi connectivity index (χ1v) is 4.83. The molecule has 78 valence electrons. The van der Waals surface area contributed by atoms with Gasteiger partial charge in [0.2, 0.25) is 0 Å². The van der Waals surface area contributed by atoms with Crippen molar-refractivity contribution in [3.63, 3.8) is 0 Å². The topological polar surface area (TPSA) is 61.8 Å². The number of nitrogens with zero attached hydrogens (tertiary/aromatic N) is 1. The molecular weight excluding hydrogens is 194 g/mol. The Hall–Kier alpha value is -1.08. The van der Waals surface area contributed by atoms with Crippen molar-refractivity contribution in [3.8, 4) is 6.07 Å². The zero-order valence-electron chi connectivity index (χ0n) is 9.14. The van der Waals surface area contributed by atoms with Crippen LogP contribution in [0.2, 0.25) is 0 Å². The van der Waals surface area contributed by atoms with Gasteiger partial charge in [0, 0.05) is 12.2 Å². The third-order valence-corrected chi connectivity index (χ3v) is 1.82. The average molecular weight is 211 g/mol. The van der Waals surface area contributed by atoms with Crippen LogP contribution in [-0.4, -0.2) is 11.5 Å². The molecule has 0 saturated carbocycles. The highest BCUT2D eigenvalue weighted by Crippen LogP contribution is 2.12. The van der Waals surface area contributed by atoms with Crippen LogP contribution in [0.4, 0.5) is 0 Å². The molecule has 0 heterocycles. The Bertz CT molecular complexity index is 291. The van der Waals surface area contributed by atoms with E-state index in [1.54, 1.807) is 0 Å². The van der Waals surface area contributed by atoms with Gasteiger partial charge in [0.05, 0.1) is 0 Å². The first-order valence-electron chi connectivity index (χ1n) is 4.42. The summed E-state index contributed by atoms with van der Waals surface area (Å²) in [5.41, 5.74) is 6.67. The summed E-state index contributed by atoms with van der Waals surface area (Å²) < 4.78 is 0. The fraction of sp³-hybridized carbons (Fsp3) is 0.600. The molecule has 0 amide bonds. The summed E-state index contributed by atoms with van der Waals surface area (Å²) in [6.45, 7) is 8.93. The van der Waals surface area contributed by atoms with Gasteiger partial charge in [0.25, 0.3) is 0 Å². The van der Waals surface area contributed by atoms with E-state index in [0.29, 0.717) is 5.57 Å². The molecular formula is C10H17N3S. The number of nitriles is 1. The highest BCUT2D eigenvalue weighted by atomic mass is 32.1. The first kappa shape index (κ1) is 12.9. The van der Waals surface area contributed by atoms with Gasteiger partial charge < -0.3 is 11.1 Å². The van der Waals surface area contributed by atoms with E-state index in [1.807, 2.05) is 13.0 Å². The van der Waals surface area contributed by atoms with Crippen LogP contribution >= 0.6 is 12.2 Å². The van der Waals surface area contributed by atoms with Gasteiger partial charge in [-0.1, -0.05) is 33.0 Å². The van der Waals surface area contributed by atoms with E-state index in [9.17, 15) is 0 Å². The van der Waals surface area contributed by atoms with Crippen molar-refractivity contribution >= 4 is 17.2 Å². The molecule has 0 aliphatic rings. The Morgan fingerprint density at radius 2 is 2.00 bits per heavy atom. The summed E-state index contributed by atoms with van der Waals surface area (Å²) in [6, 6.07) is 1.99. The normalized spacial score (nSPS) is 12.8. The second-order valence-electron chi connectivity index (χ2n) is 4.39. The van der Waals surface area contributed by atoms with E-state index < -0.39 is 0 Å². The monoisotopic (exact) mass is 211 g/mol. The van der Waals surface area contributed by atoms with Gasteiger partial charge in [-0.05, 0) is 12.3 Å². The Kier molecular flexibility index (Phi) is 4.58. The van der Waals surface area contributed by atoms with Crippen molar-refractivity contribution in [1.82, 2.24) is 5.32 Å². The fourth-order valence-corrected chi connectivity index (χ4v) is 1.01. The lowest BCUT2D eigenvalue weighted by atomic mass is 9.97. The molecule has 0 aromatic carbocycles. The molecule has 14 heavy (non-hydrogen) atoms. The van der Waals surface area contributed by atoms with Crippen LogP contribution in [0.15, 0.2) is 11.3 Å². The van der Waals surface area contributed by atoms with Crippen LogP contribution in [0.25, 0.3) is 0 Å². The number of thiocarbonyl (C=S) groups is 1. The summed E-state index contributed by atoms with van der Waals surface area (Å²) in [5, 5.41) is 11.9. The van der Waals surface area contributed by atoms with Crippen molar-refractivity contribution in [2.75, 3.05) is 6.54 Å². The second kappa shape index (κ2) is 4.97.